The van der Waals surface area contributed by atoms with Gasteiger partial charge in [0.05, 0.1) is 12.4 Å². The molecule has 0 amide bonds. The van der Waals surface area contributed by atoms with E-state index in [-0.39, 0.29) is 6.10 Å². The predicted molar refractivity (Wildman–Crippen MR) is 100 cm³/mol. The molecule has 0 saturated carbocycles. The third kappa shape index (κ3) is 4.33. The first-order valence-corrected chi connectivity index (χ1v) is 8.23. The van der Waals surface area contributed by atoms with Crippen LogP contribution in [0.1, 0.15) is 19.6 Å². The molecule has 0 spiro atoms. The number of nitrogens with zero attached hydrogens (tertiary/aromatic N) is 3. The minimum Gasteiger partial charge on any atom is -0.491 e. The number of H-pyrrole nitrogens is 1. The third-order valence-electron chi connectivity index (χ3n) is 3.19. The van der Waals surface area contributed by atoms with Crippen LogP contribution in [-0.4, -0.2) is 27.2 Å². The first kappa shape index (κ1) is 16.9. The van der Waals surface area contributed by atoms with Gasteiger partial charge in [0.15, 0.2) is 5.82 Å². The van der Waals surface area contributed by atoms with Crippen molar-refractivity contribution in [1.82, 2.24) is 14.9 Å². The van der Waals surface area contributed by atoms with Crippen LogP contribution in [0.2, 0.25) is 0 Å². The van der Waals surface area contributed by atoms with Crippen LogP contribution in [-0.2, 0) is 0 Å². The fourth-order valence-electron chi connectivity index (χ4n) is 2.20. The van der Waals surface area contributed by atoms with E-state index >= 15 is 0 Å². The van der Waals surface area contributed by atoms with Gasteiger partial charge in [0.1, 0.15) is 11.5 Å². The molecule has 0 atom stereocenters. The quantitative estimate of drug-likeness (QED) is 0.521. The van der Waals surface area contributed by atoms with E-state index in [1.54, 1.807) is 23.2 Å². The highest BCUT2D eigenvalue weighted by atomic mass is 32.1. The molecule has 0 radical (unpaired) electrons. The number of aromatic amines is 1. The van der Waals surface area contributed by atoms with Gasteiger partial charge in [-0.1, -0.05) is 12.1 Å². The summed E-state index contributed by atoms with van der Waals surface area (Å²) in [6, 6.07) is 11.4. The van der Waals surface area contributed by atoms with Gasteiger partial charge in [0.2, 0.25) is 4.77 Å². The highest BCUT2D eigenvalue weighted by Crippen LogP contribution is 2.23. The topological polar surface area (TPSA) is 68.3 Å². The Morgan fingerprint density at radius 2 is 2.20 bits per heavy atom. The first-order chi connectivity index (χ1) is 12.1. The molecule has 0 unspecified atom stereocenters. The Labute approximate surface area is 150 Å². The second-order valence-corrected chi connectivity index (χ2v) is 5.88. The molecule has 1 aromatic carbocycles. The average molecular weight is 354 g/mol. The summed E-state index contributed by atoms with van der Waals surface area (Å²) in [6.45, 7) is 3.97. The average Bonchev–Trinajstić information content (AvgIpc) is 3.21. The fraction of sp³-hybridized carbons (Fsp3) is 0.167. The van der Waals surface area contributed by atoms with Crippen molar-refractivity contribution >= 4 is 24.5 Å². The SMILES string of the molecule is CC(C)Oc1cccc(-c2n[nH]c(=S)n2/N=C\C=C\c2ccco2)c1. The van der Waals surface area contributed by atoms with Crippen LogP contribution in [0.3, 0.4) is 0 Å². The lowest BCUT2D eigenvalue weighted by atomic mass is 10.2. The predicted octanol–water partition coefficient (Wildman–Crippen LogP) is 4.54. The van der Waals surface area contributed by atoms with Crippen molar-refractivity contribution in [3.05, 3.63) is 59.3 Å². The van der Waals surface area contributed by atoms with E-state index in [1.807, 2.05) is 56.3 Å². The molecule has 128 valence electrons. The van der Waals surface area contributed by atoms with E-state index in [1.165, 1.54) is 0 Å². The Kier molecular flexibility index (Phi) is 5.25. The van der Waals surface area contributed by atoms with Gasteiger partial charge in [-0.3, -0.25) is 0 Å². The van der Waals surface area contributed by atoms with Gasteiger partial charge in [-0.15, -0.1) is 0 Å². The summed E-state index contributed by atoms with van der Waals surface area (Å²) >= 11 is 5.26. The zero-order valence-electron chi connectivity index (χ0n) is 13.9. The summed E-state index contributed by atoms with van der Waals surface area (Å²) < 4.78 is 12.9. The van der Waals surface area contributed by atoms with E-state index in [0.29, 0.717) is 10.6 Å². The molecular formula is C18H18N4O2S. The summed E-state index contributed by atoms with van der Waals surface area (Å²) in [5.41, 5.74) is 0.859. The summed E-state index contributed by atoms with van der Waals surface area (Å²) in [4.78, 5) is 0. The highest BCUT2D eigenvalue weighted by molar-refractivity contribution is 7.71. The molecule has 0 bridgehead atoms. The summed E-state index contributed by atoms with van der Waals surface area (Å²) in [7, 11) is 0. The molecule has 3 aromatic rings. The number of hydrogen-bond donors (Lipinski definition) is 1. The van der Waals surface area contributed by atoms with Crippen molar-refractivity contribution in [3.8, 4) is 17.1 Å². The van der Waals surface area contributed by atoms with E-state index < -0.39 is 0 Å². The summed E-state index contributed by atoms with van der Waals surface area (Å²) in [5.74, 6) is 2.14. The van der Waals surface area contributed by atoms with Gasteiger partial charge in [-0.2, -0.15) is 14.9 Å². The van der Waals surface area contributed by atoms with E-state index in [9.17, 15) is 0 Å². The molecule has 25 heavy (non-hydrogen) atoms. The normalized spacial score (nSPS) is 11.8. The number of aromatic nitrogens is 3. The van der Waals surface area contributed by atoms with Gasteiger partial charge < -0.3 is 9.15 Å². The van der Waals surface area contributed by atoms with Gasteiger partial charge >= 0.3 is 0 Å². The number of benzene rings is 1. The lowest BCUT2D eigenvalue weighted by Gasteiger charge is -2.10. The molecule has 3 rings (SSSR count). The maximum Gasteiger partial charge on any atom is 0.216 e. The van der Waals surface area contributed by atoms with Crippen molar-refractivity contribution in [2.45, 2.75) is 20.0 Å². The molecule has 2 heterocycles. The van der Waals surface area contributed by atoms with E-state index in [4.69, 9.17) is 21.4 Å². The van der Waals surface area contributed by atoms with Gasteiger partial charge in [-0.05, 0) is 62.5 Å². The maximum atomic E-state index is 5.73. The Bertz CT molecular complexity index is 936. The summed E-state index contributed by atoms with van der Waals surface area (Å²) in [6.07, 6.45) is 6.93. The minimum atomic E-state index is 0.0980. The van der Waals surface area contributed by atoms with Crippen molar-refractivity contribution < 1.29 is 9.15 Å². The van der Waals surface area contributed by atoms with Crippen molar-refractivity contribution in [1.29, 1.82) is 0 Å². The molecule has 0 fully saturated rings. The number of nitrogens with one attached hydrogen (secondary N) is 1. The Hall–Kier alpha value is -2.93. The largest absolute Gasteiger partial charge is 0.491 e. The molecule has 0 saturated heterocycles. The van der Waals surface area contributed by atoms with Gasteiger partial charge in [0.25, 0.3) is 0 Å². The lowest BCUT2D eigenvalue weighted by Crippen LogP contribution is -2.05. The maximum absolute atomic E-state index is 5.73. The van der Waals surface area contributed by atoms with Crippen LogP contribution in [0.15, 0.2) is 58.3 Å². The van der Waals surface area contributed by atoms with Crippen LogP contribution in [0.25, 0.3) is 17.5 Å². The van der Waals surface area contributed by atoms with Crippen LogP contribution < -0.4 is 4.74 Å². The third-order valence-corrected chi connectivity index (χ3v) is 3.45. The van der Waals surface area contributed by atoms with Gasteiger partial charge in [-0.25, -0.2) is 5.10 Å². The van der Waals surface area contributed by atoms with Crippen molar-refractivity contribution in [2.75, 3.05) is 0 Å². The number of ether oxygens (including phenoxy) is 1. The van der Waals surface area contributed by atoms with Gasteiger partial charge in [0, 0.05) is 11.8 Å². The van der Waals surface area contributed by atoms with E-state index in [0.717, 1.165) is 17.1 Å². The fourth-order valence-corrected chi connectivity index (χ4v) is 2.37. The molecule has 0 aliphatic rings. The Balaban J connectivity index is 1.85. The first-order valence-electron chi connectivity index (χ1n) is 7.82. The molecule has 0 aliphatic heterocycles. The molecule has 7 heteroatoms. The number of furan rings is 1. The Morgan fingerprint density at radius 3 is 2.96 bits per heavy atom. The standard InChI is InChI=1S/C18H18N4O2S/c1-13(2)24-16-7-3-6-14(12-16)17-20-21-18(25)22(17)19-10-4-8-15-9-5-11-23-15/h3-13H,1-2H3,(H,21,25)/b8-4+,19-10-. The van der Waals surface area contributed by atoms with Crippen LogP contribution in [0.4, 0.5) is 0 Å². The smallest absolute Gasteiger partial charge is 0.216 e. The Morgan fingerprint density at radius 1 is 1.32 bits per heavy atom. The molecule has 1 N–H and O–H groups in total. The minimum absolute atomic E-state index is 0.0980. The van der Waals surface area contributed by atoms with E-state index in [2.05, 4.69) is 15.3 Å². The molecule has 6 nitrogen and oxygen atoms in total. The van der Waals surface area contributed by atoms with Crippen molar-refractivity contribution in [2.24, 2.45) is 5.10 Å². The lowest BCUT2D eigenvalue weighted by molar-refractivity contribution is 0.242. The molecule has 2 aromatic heterocycles. The van der Waals surface area contributed by atoms with Crippen LogP contribution >= 0.6 is 12.2 Å². The summed E-state index contributed by atoms with van der Waals surface area (Å²) in [5, 5.41) is 11.4. The molecular weight excluding hydrogens is 336 g/mol. The monoisotopic (exact) mass is 354 g/mol. The van der Waals surface area contributed by atoms with Crippen molar-refractivity contribution in [3.63, 3.8) is 0 Å². The number of hydrogen-bond acceptors (Lipinski definition) is 5. The second kappa shape index (κ2) is 7.76. The number of allylic oxidation sites excluding steroid dienone is 1. The second-order valence-electron chi connectivity index (χ2n) is 5.50. The highest BCUT2D eigenvalue weighted by Gasteiger charge is 2.09. The van der Waals surface area contributed by atoms with Crippen LogP contribution in [0.5, 0.6) is 5.75 Å². The molecule has 0 aliphatic carbocycles. The zero-order chi connectivity index (χ0) is 17.6. The number of rotatable bonds is 6. The zero-order valence-corrected chi connectivity index (χ0v) is 14.7. The van der Waals surface area contributed by atoms with Crippen LogP contribution in [0, 0.1) is 4.77 Å².